The van der Waals surface area contributed by atoms with Crippen molar-refractivity contribution in [1.29, 1.82) is 0 Å². The van der Waals surface area contributed by atoms with Gasteiger partial charge in [0, 0.05) is 19.6 Å². The topological polar surface area (TPSA) is 84.7 Å². The van der Waals surface area contributed by atoms with Crippen molar-refractivity contribution >= 4 is 11.9 Å². The van der Waals surface area contributed by atoms with Gasteiger partial charge in [-0.1, -0.05) is 6.92 Å². The molecule has 1 N–H and O–H groups in total. The minimum Gasteiger partial charge on any atom is -0.357 e. The van der Waals surface area contributed by atoms with Crippen LogP contribution in [0.5, 0.6) is 0 Å². The summed E-state index contributed by atoms with van der Waals surface area (Å²) in [6.07, 6.45) is 4.04. The molecule has 0 fully saturated rings. The SMILES string of the molecule is CCC(C)N(CC)c1nc(NC)nc(-n2cncn2)n1. The highest BCUT2D eigenvalue weighted by Crippen LogP contribution is 2.16. The number of rotatable bonds is 6. The molecule has 1 atom stereocenters. The lowest BCUT2D eigenvalue weighted by atomic mass is 10.2. The molecule has 2 aromatic rings. The first kappa shape index (κ1) is 14.2. The van der Waals surface area contributed by atoms with Crippen LogP contribution in [-0.2, 0) is 0 Å². The smallest absolute Gasteiger partial charge is 0.258 e. The monoisotopic (exact) mass is 276 g/mol. The molecule has 0 amide bonds. The minimum absolute atomic E-state index is 0.357. The molecule has 8 nitrogen and oxygen atoms in total. The van der Waals surface area contributed by atoms with Gasteiger partial charge in [-0.05, 0) is 20.3 Å². The van der Waals surface area contributed by atoms with Gasteiger partial charge >= 0.3 is 0 Å². The Labute approximate surface area is 118 Å². The maximum Gasteiger partial charge on any atom is 0.258 e. The van der Waals surface area contributed by atoms with Crippen LogP contribution >= 0.6 is 0 Å². The van der Waals surface area contributed by atoms with Gasteiger partial charge in [0.1, 0.15) is 12.7 Å². The molecule has 0 aromatic carbocycles. The van der Waals surface area contributed by atoms with E-state index >= 15 is 0 Å². The Morgan fingerprint density at radius 1 is 1.30 bits per heavy atom. The van der Waals surface area contributed by atoms with Crippen molar-refractivity contribution in [1.82, 2.24) is 29.7 Å². The molecule has 8 heteroatoms. The summed E-state index contributed by atoms with van der Waals surface area (Å²) in [5.74, 6) is 1.62. The second-order valence-electron chi connectivity index (χ2n) is 4.39. The van der Waals surface area contributed by atoms with Crippen LogP contribution in [0.2, 0.25) is 0 Å². The van der Waals surface area contributed by atoms with Crippen LogP contribution in [-0.4, -0.2) is 49.4 Å². The lowest BCUT2D eigenvalue weighted by molar-refractivity contribution is 0.611. The highest BCUT2D eigenvalue weighted by atomic mass is 15.4. The normalized spacial score (nSPS) is 12.2. The third-order valence-corrected chi connectivity index (χ3v) is 3.18. The van der Waals surface area contributed by atoms with Crippen LogP contribution in [0.4, 0.5) is 11.9 Å². The van der Waals surface area contributed by atoms with Crippen molar-refractivity contribution in [3.05, 3.63) is 12.7 Å². The van der Waals surface area contributed by atoms with E-state index in [9.17, 15) is 0 Å². The van der Waals surface area contributed by atoms with E-state index in [-0.39, 0.29) is 0 Å². The molecule has 2 rings (SSSR count). The second-order valence-corrected chi connectivity index (χ2v) is 4.39. The summed E-state index contributed by atoms with van der Waals surface area (Å²) in [5, 5.41) is 7.01. The van der Waals surface area contributed by atoms with Crippen LogP contribution in [0.1, 0.15) is 27.2 Å². The molecule has 0 spiro atoms. The predicted octanol–water partition coefficient (Wildman–Crippen LogP) is 1.12. The van der Waals surface area contributed by atoms with E-state index in [0.717, 1.165) is 13.0 Å². The van der Waals surface area contributed by atoms with Crippen LogP contribution in [0.15, 0.2) is 12.7 Å². The molecule has 2 aromatic heterocycles. The average Bonchev–Trinajstić information content (AvgIpc) is 3.01. The van der Waals surface area contributed by atoms with Gasteiger partial charge < -0.3 is 10.2 Å². The number of anilines is 2. The molecule has 0 aliphatic rings. The maximum atomic E-state index is 4.49. The largest absolute Gasteiger partial charge is 0.357 e. The summed E-state index contributed by atoms with van der Waals surface area (Å²) in [6.45, 7) is 7.22. The van der Waals surface area contributed by atoms with Gasteiger partial charge in [-0.3, -0.25) is 0 Å². The van der Waals surface area contributed by atoms with E-state index in [1.165, 1.54) is 11.0 Å². The third kappa shape index (κ3) is 2.84. The zero-order valence-corrected chi connectivity index (χ0v) is 12.3. The Morgan fingerprint density at radius 2 is 2.10 bits per heavy atom. The summed E-state index contributed by atoms with van der Waals surface area (Å²) < 4.78 is 1.52. The van der Waals surface area contributed by atoms with E-state index < -0.39 is 0 Å². The first-order valence-electron chi connectivity index (χ1n) is 6.75. The molecule has 0 bridgehead atoms. The van der Waals surface area contributed by atoms with Crippen LogP contribution in [0.25, 0.3) is 5.95 Å². The molecular formula is C12H20N8. The van der Waals surface area contributed by atoms with Crippen molar-refractivity contribution < 1.29 is 0 Å². The Kier molecular flexibility index (Phi) is 4.44. The van der Waals surface area contributed by atoms with Crippen LogP contribution in [0.3, 0.4) is 0 Å². The van der Waals surface area contributed by atoms with Crippen molar-refractivity contribution in [3.8, 4) is 5.95 Å². The Hall–Kier alpha value is -2.25. The Balaban J connectivity index is 2.44. The van der Waals surface area contributed by atoms with Crippen LogP contribution < -0.4 is 10.2 Å². The number of aromatic nitrogens is 6. The van der Waals surface area contributed by atoms with Gasteiger partial charge in [-0.25, -0.2) is 4.98 Å². The quantitative estimate of drug-likeness (QED) is 0.846. The summed E-state index contributed by atoms with van der Waals surface area (Å²) >= 11 is 0. The van der Waals surface area contributed by atoms with E-state index in [0.29, 0.717) is 23.9 Å². The summed E-state index contributed by atoms with van der Waals surface area (Å²) in [6, 6.07) is 0.357. The average molecular weight is 276 g/mol. The first-order valence-corrected chi connectivity index (χ1v) is 6.75. The van der Waals surface area contributed by atoms with Gasteiger partial charge in [0.15, 0.2) is 0 Å². The van der Waals surface area contributed by atoms with E-state index in [2.05, 4.69) is 56.0 Å². The molecule has 2 heterocycles. The van der Waals surface area contributed by atoms with Crippen molar-refractivity contribution in [2.24, 2.45) is 0 Å². The number of nitrogens with one attached hydrogen (secondary N) is 1. The highest BCUT2D eigenvalue weighted by molar-refractivity contribution is 5.40. The fourth-order valence-electron chi connectivity index (χ4n) is 1.88. The summed E-state index contributed by atoms with van der Waals surface area (Å²) in [7, 11) is 1.78. The van der Waals surface area contributed by atoms with Gasteiger partial charge in [0.05, 0.1) is 0 Å². The zero-order chi connectivity index (χ0) is 14.5. The summed E-state index contributed by atoms with van der Waals surface area (Å²) in [5.41, 5.74) is 0. The molecule has 0 saturated carbocycles. The number of nitrogens with zero attached hydrogens (tertiary/aromatic N) is 7. The molecular weight excluding hydrogens is 256 g/mol. The van der Waals surface area contributed by atoms with E-state index in [1.807, 2.05) is 0 Å². The Morgan fingerprint density at radius 3 is 2.65 bits per heavy atom. The Bertz CT molecular complexity index is 538. The molecule has 0 radical (unpaired) electrons. The molecule has 0 saturated heterocycles. The van der Waals surface area contributed by atoms with E-state index in [1.54, 1.807) is 13.4 Å². The molecule has 0 aliphatic carbocycles. The molecule has 20 heavy (non-hydrogen) atoms. The zero-order valence-electron chi connectivity index (χ0n) is 12.3. The van der Waals surface area contributed by atoms with Gasteiger partial charge in [-0.15, -0.1) is 0 Å². The van der Waals surface area contributed by atoms with Gasteiger partial charge in [0.2, 0.25) is 11.9 Å². The first-order chi connectivity index (χ1) is 9.69. The second kappa shape index (κ2) is 6.27. The minimum atomic E-state index is 0.357. The standard InChI is InChI=1S/C12H20N8/c1-5-9(3)19(6-2)11-16-10(13-4)17-12(18-11)20-8-14-7-15-20/h7-9H,5-6H2,1-4H3,(H,13,16,17,18). The fraction of sp³-hybridized carbons (Fsp3) is 0.583. The number of hydrogen-bond donors (Lipinski definition) is 1. The maximum absolute atomic E-state index is 4.49. The van der Waals surface area contributed by atoms with E-state index in [4.69, 9.17) is 0 Å². The van der Waals surface area contributed by atoms with Crippen LogP contribution in [0, 0.1) is 0 Å². The van der Waals surface area contributed by atoms with Crippen molar-refractivity contribution in [2.45, 2.75) is 33.2 Å². The summed E-state index contributed by atoms with van der Waals surface area (Å²) in [4.78, 5) is 19.3. The lowest BCUT2D eigenvalue weighted by Gasteiger charge is -2.27. The highest BCUT2D eigenvalue weighted by Gasteiger charge is 2.17. The predicted molar refractivity (Wildman–Crippen MR) is 77.1 cm³/mol. The molecule has 0 aliphatic heterocycles. The van der Waals surface area contributed by atoms with Gasteiger partial charge in [-0.2, -0.15) is 24.7 Å². The molecule has 108 valence electrons. The lowest BCUT2D eigenvalue weighted by Crippen LogP contribution is -2.34. The van der Waals surface area contributed by atoms with Crippen molar-refractivity contribution in [2.75, 3.05) is 23.8 Å². The van der Waals surface area contributed by atoms with Crippen molar-refractivity contribution in [3.63, 3.8) is 0 Å². The number of hydrogen-bond acceptors (Lipinski definition) is 7. The third-order valence-electron chi connectivity index (χ3n) is 3.18. The van der Waals surface area contributed by atoms with Gasteiger partial charge in [0.25, 0.3) is 5.95 Å². The molecule has 1 unspecified atom stereocenters. The fourth-order valence-corrected chi connectivity index (χ4v) is 1.88.